The molecular weight excluding hydrogens is 973 g/mol. The molecule has 0 aliphatic heterocycles. The first kappa shape index (κ1) is 75.6. The molecule has 0 radical (unpaired) electrons. The van der Waals surface area contributed by atoms with Crippen LogP contribution in [0.2, 0.25) is 0 Å². The summed E-state index contributed by atoms with van der Waals surface area (Å²) in [6, 6.07) is 0. The normalized spacial score (nSPS) is 12.6. The van der Waals surface area contributed by atoms with Crippen LogP contribution in [0.25, 0.3) is 0 Å². The number of ether oxygens (including phenoxy) is 3. The number of carbonyl (C=O) groups is 3. The van der Waals surface area contributed by atoms with Gasteiger partial charge in [-0.2, -0.15) is 0 Å². The SMILES string of the molecule is CC/C=C\C/C=C\C/C=C\C/C=C\CCCCC(=O)OCC(COC(=O)CCCCCCCCCCCCCCCCCCCCCCCCCCCCCCC)OC(=O)CCCCCCCCC/C=C\C/C=C\C/C=C\CC. The van der Waals surface area contributed by atoms with Crippen LogP contribution in [0.15, 0.2) is 85.1 Å². The van der Waals surface area contributed by atoms with E-state index in [1.54, 1.807) is 0 Å². The van der Waals surface area contributed by atoms with Crippen molar-refractivity contribution >= 4 is 17.9 Å². The molecule has 456 valence electrons. The van der Waals surface area contributed by atoms with E-state index in [1.807, 2.05) is 0 Å². The smallest absolute Gasteiger partial charge is 0.306 e. The summed E-state index contributed by atoms with van der Waals surface area (Å²) in [6.07, 6.45) is 89.1. The van der Waals surface area contributed by atoms with Gasteiger partial charge in [0.2, 0.25) is 0 Å². The molecule has 0 aromatic heterocycles. The van der Waals surface area contributed by atoms with Crippen molar-refractivity contribution in [2.75, 3.05) is 13.2 Å². The zero-order valence-electron chi connectivity index (χ0n) is 52.4. The third-order valence-corrected chi connectivity index (χ3v) is 14.9. The Kier molecular flexibility index (Phi) is 64.2. The quantitative estimate of drug-likeness (QED) is 0.0261. The molecule has 0 fully saturated rings. The maximum Gasteiger partial charge on any atom is 0.306 e. The Morgan fingerprint density at radius 2 is 0.494 bits per heavy atom. The van der Waals surface area contributed by atoms with E-state index in [9.17, 15) is 14.4 Å². The molecule has 6 nitrogen and oxygen atoms in total. The van der Waals surface area contributed by atoms with Crippen LogP contribution in [0.3, 0.4) is 0 Å². The van der Waals surface area contributed by atoms with Crippen molar-refractivity contribution in [2.45, 2.75) is 348 Å². The highest BCUT2D eigenvalue weighted by Gasteiger charge is 2.19. The fourth-order valence-electron chi connectivity index (χ4n) is 9.86. The topological polar surface area (TPSA) is 78.9 Å². The van der Waals surface area contributed by atoms with Gasteiger partial charge >= 0.3 is 17.9 Å². The maximum absolute atomic E-state index is 12.9. The minimum atomic E-state index is -0.800. The van der Waals surface area contributed by atoms with Crippen LogP contribution in [0.5, 0.6) is 0 Å². The number of rotatable bonds is 62. The van der Waals surface area contributed by atoms with Crippen molar-refractivity contribution in [3.8, 4) is 0 Å². The summed E-state index contributed by atoms with van der Waals surface area (Å²) in [5.74, 6) is -0.930. The van der Waals surface area contributed by atoms with Gasteiger partial charge in [0.15, 0.2) is 6.10 Å². The first-order valence-corrected chi connectivity index (χ1v) is 34.1. The van der Waals surface area contributed by atoms with Crippen molar-refractivity contribution in [1.29, 1.82) is 0 Å². The van der Waals surface area contributed by atoms with E-state index in [0.29, 0.717) is 19.3 Å². The Bertz CT molecular complexity index is 1500. The van der Waals surface area contributed by atoms with Crippen LogP contribution in [0.4, 0.5) is 0 Å². The lowest BCUT2D eigenvalue weighted by Gasteiger charge is -2.18. The molecule has 6 heteroatoms. The highest BCUT2D eigenvalue weighted by atomic mass is 16.6. The molecule has 0 aromatic rings. The number of allylic oxidation sites excluding steroid dienone is 14. The monoisotopic (exact) mass is 1100 g/mol. The Hall–Kier alpha value is -3.41. The second kappa shape index (κ2) is 67.1. The largest absolute Gasteiger partial charge is 0.462 e. The Morgan fingerprint density at radius 1 is 0.266 bits per heavy atom. The molecular formula is C73H128O6. The molecule has 0 heterocycles. The Labute approximate surface area is 490 Å². The second-order valence-corrected chi connectivity index (χ2v) is 22.7. The van der Waals surface area contributed by atoms with E-state index < -0.39 is 6.10 Å². The molecule has 0 aliphatic carbocycles. The zero-order chi connectivity index (χ0) is 57.1. The van der Waals surface area contributed by atoms with Crippen molar-refractivity contribution in [1.82, 2.24) is 0 Å². The molecule has 79 heavy (non-hydrogen) atoms. The third-order valence-electron chi connectivity index (χ3n) is 14.9. The molecule has 1 unspecified atom stereocenters. The van der Waals surface area contributed by atoms with Crippen LogP contribution in [-0.2, 0) is 28.6 Å². The molecule has 0 aliphatic rings. The number of hydrogen-bond acceptors (Lipinski definition) is 6. The van der Waals surface area contributed by atoms with Gasteiger partial charge in [-0.25, -0.2) is 0 Å². The van der Waals surface area contributed by atoms with Crippen LogP contribution < -0.4 is 0 Å². The van der Waals surface area contributed by atoms with E-state index >= 15 is 0 Å². The summed E-state index contributed by atoms with van der Waals surface area (Å²) in [5.41, 5.74) is 0. The molecule has 1 atom stereocenters. The third kappa shape index (κ3) is 65.3. The second-order valence-electron chi connectivity index (χ2n) is 22.7. The van der Waals surface area contributed by atoms with E-state index in [1.165, 1.54) is 193 Å². The molecule has 0 bridgehead atoms. The summed E-state index contributed by atoms with van der Waals surface area (Å²) in [6.45, 7) is 6.42. The number of esters is 3. The molecule has 0 N–H and O–H groups in total. The van der Waals surface area contributed by atoms with Gasteiger partial charge in [-0.05, 0) is 89.9 Å². The van der Waals surface area contributed by atoms with Crippen molar-refractivity contribution in [3.63, 3.8) is 0 Å². The lowest BCUT2D eigenvalue weighted by Crippen LogP contribution is -2.30. The highest BCUT2D eigenvalue weighted by molar-refractivity contribution is 5.71. The summed E-state index contributed by atoms with van der Waals surface area (Å²) < 4.78 is 16.9. The van der Waals surface area contributed by atoms with E-state index in [-0.39, 0.29) is 31.1 Å². The summed E-state index contributed by atoms with van der Waals surface area (Å²) in [7, 11) is 0. The molecule has 0 spiro atoms. The van der Waals surface area contributed by atoms with Gasteiger partial charge in [-0.15, -0.1) is 0 Å². The van der Waals surface area contributed by atoms with Crippen LogP contribution in [0, 0.1) is 0 Å². The van der Waals surface area contributed by atoms with Crippen LogP contribution in [0.1, 0.15) is 342 Å². The molecule has 0 saturated heterocycles. The van der Waals surface area contributed by atoms with Gasteiger partial charge in [0.1, 0.15) is 13.2 Å². The van der Waals surface area contributed by atoms with Gasteiger partial charge in [0, 0.05) is 19.3 Å². The van der Waals surface area contributed by atoms with Gasteiger partial charge in [-0.3, -0.25) is 14.4 Å². The van der Waals surface area contributed by atoms with Gasteiger partial charge in [0.05, 0.1) is 0 Å². The molecule has 0 amide bonds. The van der Waals surface area contributed by atoms with Gasteiger partial charge in [0.25, 0.3) is 0 Å². The first-order valence-electron chi connectivity index (χ1n) is 34.1. The van der Waals surface area contributed by atoms with Crippen molar-refractivity contribution in [2.24, 2.45) is 0 Å². The summed E-state index contributed by atoms with van der Waals surface area (Å²) in [4.78, 5) is 38.3. The van der Waals surface area contributed by atoms with Crippen LogP contribution in [-0.4, -0.2) is 37.2 Å². The standard InChI is InChI=1S/C73H128O6/c1-4-7-10-13-16-19-22-25-28-30-31-32-33-34-35-36-37-38-39-40-41-43-45-48-51-54-57-60-63-66-72(75)78-69-70(68-77-71(74)65-62-59-56-53-50-47-44-27-24-21-18-15-12-9-6-3)79-73(76)67-64-61-58-55-52-49-46-42-29-26-23-20-17-14-11-8-5-2/h8-9,11-12,17-18,20-21,26-27,29,44,50,53,70H,4-7,10,13-16,19,22-25,28,30-43,45-49,51-52,54-69H2,1-3H3/b11-8-,12-9-,20-17-,21-18-,29-26-,44-27-,53-50-. The zero-order valence-corrected chi connectivity index (χ0v) is 52.4. The van der Waals surface area contributed by atoms with Gasteiger partial charge in [-0.1, -0.05) is 318 Å². The predicted octanol–water partition coefficient (Wildman–Crippen LogP) is 23.4. The first-order chi connectivity index (χ1) is 39.0. The number of hydrogen-bond donors (Lipinski definition) is 0. The van der Waals surface area contributed by atoms with E-state index in [2.05, 4.69) is 106 Å². The number of carbonyl (C=O) groups excluding carboxylic acids is 3. The van der Waals surface area contributed by atoms with Crippen molar-refractivity contribution in [3.05, 3.63) is 85.1 Å². The fraction of sp³-hybridized carbons (Fsp3) is 0.767. The number of unbranched alkanes of at least 4 members (excludes halogenated alkanes) is 37. The summed E-state index contributed by atoms with van der Waals surface area (Å²) >= 11 is 0. The molecule has 0 rings (SSSR count). The fourth-order valence-corrected chi connectivity index (χ4v) is 9.86. The van der Waals surface area contributed by atoms with E-state index in [4.69, 9.17) is 14.2 Å². The summed E-state index contributed by atoms with van der Waals surface area (Å²) in [5, 5.41) is 0. The van der Waals surface area contributed by atoms with E-state index in [0.717, 1.165) is 109 Å². The van der Waals surface area contributed by atoms with Gasteiger partial charge < -0.3 is 14.2 Å². The Morgan fingerprint density at radius 3 is 0.797 bits per heavy atom. The minimum absolute atomic E-state index is 0.0915. The lowest BCUT2D eigenvalue weighted by molar-refractivity contribution is -0.167. The molecule has 0 saturated carbocycles. The highest BCUT2D eigenvalue weighted by Crippen LogP contribution is 2.18. The average Bonchev–Trinajstić information content (AvgIpc) is 3.45. The average molecular weight is 1100 g/mol. The molecule has 0 aromatic carbocycles. The Balaban J connectivity index is 4.25. The predicted molar refractivity (Wildman–Crippen MR) is 344 cm³/mol. The van der Waals surface area contributed by atoms with Crippen molar-refractivity contribution < 1.29 is 28.6 Å². The van der Waals surface area contributed by atoms with Crippen LogP contribution >= 0.6 is 0 Å². The maximum atomic E-state index is 12.9. The minimum Gasteiger partial charge on any atom is -0.462 e. The lowest BCUT2D eigenvalue weighted by atomic mass is 10.0.